The van der Waals surface area contributed by atoms with Gasteiger partial charge >= 0.3 is 0 Å². The maximum Gasteiger partial charge on any atom is 0.277 e. The fourth-order valence-corrected chi connectivity index (χ4v) is 0. The molecule has 46 valence electrons. The molecule has 0 spiro atoms. The zero-order valence-electron chi connectivity index (χ0n) is 2.77. The van der Waals surface area contributed by atoms with Gasteiger partial charge in [-0.25, -0.2) is 0 Å². The second-order valence-electron chi connectivity index (χ2n) is 0.568. The van der Waals surface area contributed by atoms with Crippen molar-refractivity contribution in [3.05, 3.63) is 0 Å². The lowest BCUT2D eigenvalue weighted by Crippen LogP contribution is -1.85. The summed E-state index contributed by atoms with van der Waals surface area (Å²) in [6.07, 6.45) is 0. The molecule has 0 fully saturated rings. The number of rotatable bonds is 1. The second-order valence-corrected chi connectivity index (χ2v) is 3.65. The van der Waals surface area contributed by atoms with E-state index in [9.17, 15) is 11.7 Å². The summed E-state index contributed by atoms with van der Waals surface area (Å²) in [4.78, 5) is 0. The van der Waals surface area contributed by atoms with E-state index in [2.05, 4.69) is 0 Å². The molecule has 7 heavy (non-hydrogen) atoms. The quantitative estimate of drug-likeness (QED) is 0.420. The first kappa shape index (κ1) is 7.25. The van der Waals surface area contributed by atoms with Gasteiger partial charge in [-0.15, -0.1) is 11.7 Å². The fraction of sp³-hybridized carbons (Fsp3) is 0. The highest BCUT2D eigenvalue weighted by Crippen LogP contribution is 2.55. The van der Waals surface area contributed by atoms with E-state index in [1.54, 1.807) is 0 Å². The van der Waals surface area contributed by atoms with Crippen LogP contribution in [-0.4, -0.2) is 8.76 Å². The van der Waals surface area contributed by atoms with Crippen molar-refractivity contribution in [2.45, 2.75) is 0 Å². The highest BCUT2D eigenvalue weighted by molar-refractivity contribution is 8.79. The van der Waals surface area contributed by atoms with Gasteiger partial charge in [0.1, 0.15) is 0 Å². The topological polar surface area (TPSA) is 40.1 Å². The summed E-state index contributed by atoms with van der Waals surface area (Å²) in [5, 5.41) is 0. The van der Waals surface area contributed by atoms with E-state index in [4.69, 9.17) is 8.76 Å². The third kappa shape index (κ3) is 2.89. The summed E-state index contributed by atoms with van der Waals surface area (Å²) in [5.74, 6) is 0. The van der Waals surface area contributed by atoms with E-state index in [0.717, 1.165) is 0 Å². The first-order valence-corrected chi connectivity index (χ1v) is 3.89. The van der Waals surface area contributed by atoms with Crippen LogP contribution in [0.4, 0.5) is 11.7 Å². The molecule has 0 bridgehead atoms. The van der Waals surface area contributed by atoms with E-state index in [0.29, 0.717) is 0 Å². The van der Waals surface area contributed by atoms with Crippen LogP contribution in [0.5, 0.6) is 0 Å². The van der Waals surface area contributed by atoms with Gasteiger partial charge in [0.25, 0.3) is 10.2 Å². The highest BCUT2D eigenvalue weighted by Gasteiger charge is 2.21. The molecule has 0 heterocycles. The smallest absolute Gasteiger partial charge is 0.277 e. The zero-order chi connectivity index (χ0) is 6.08. The Hall–Kier alpha value is 0.250. The van der Waals surface area contributed by atoms with Crippen LogP contribution in [0.1, 0.15) is 0 Å². The van der Waals surface area contributed by atoms with Crippen molar-refractivity contribution in [3.8, 4) is 0 Å². The molecule has 0 aromatic carbocycles. The monoisotopic (exact) mass is 153 g/mol. The molecule has 0 aliphatic rings. The molecular weight excluding hydrogens is 153 g/mol. The zero-order valence-corrected chi connectivity index (χ0v) is 4.40. The predicted molar refractivity (Wildman–Crippen MR) is 19.8 cm³/mol. The summed E-state index contributed by atoms with van der Waals surface area (Å²) in [6.45, 7) is 0. The molecule has 0 saturated carbocycles. The van der Waals surface area contributed by atoms with E-state index in [1.807, 2.05) is 0 Å². The summed E-state index contributed by atoms with van der Waals surface area (Å²) in [5.41, 5.74) is 0. The van der Waals surface area contributed by atoms with Crippen LogP contribution in [0.3, 0.4) is 0 Å². The van der Waals surface area contributed by atoms with Crippen LogP contribution in [0.25, 0.3) is 0 Å². The van der Waals surface area contributed by atoms with Gasteiger partial charge in [0.2, 0.25) is 0 Å². The van der Waals surface area contributed by atoms with Crippen LogP contribution in [-0.2, 0) is 10.1 Å². The van der Waals surface area contributed by atoms with Crippen molar-refractivity contribution in [2.75, 3.05) is 0 Å². The van der Waals surface area contributed by atoms with E-state index < -0.39 is 20.3 Å². The first-order valence-electron chi connectivity index (χ1n) is 0.963. The van der Waals surface area contributed by atoms with Gasteiger partial charge in [0, 0.05) is 0 Å². The molecule has 2 nitrogen and oxygen atoms in total. The molecule has 0 aromatic heterocycles. The molecule has 0 rings (SSSR count). The Bertz CT molecular complexity index is 83.4. The van der Waals surface area contributed by atoms with Crippen LogP contribution in [0, 0.1) is 0 Å². The largest absolute Gasteiger partial charge is 0.759 e. The Morgan fingerprint density at radius 3 is 1.57 bits per heavy atom. The van der Waals surface area contributed by atoms with Crippen LogP contribution in [0.2, 0.25) is 0 Å². The van der Waals surface area contributed by atoms with Crippen LogP contribution < -0.4 is 0 Å². The van der Waals surface area contributed by atoms with Gasteiger partial charge in [-0.3, -0.25) is 4.21 Å². The molecular formula is F3O2S2-. The van der Waals surface area contributed by atoms with E-state index in [1.165, 1.54) is 0 Å². The van der Waals surface area contributed by atoms with Gasteiger partial charge in [-0.1, -0.05) is 0 Å². The average Bonchev–Trinajstić information content (AvgIpc) is 1.31. The lowest BCUT2D eigenvalue weighted by Gasteiger charge is -2.10. The molecule has 1 unspecified atom stereocenters. The molecule has 0 aliphatic carbocycles. The molecule has 0 N–H and O–H groups in total. The van der Waals surface area contributed by atoms with Crippen molar-refractivity contribution in [3.63, 3.8) is 0 Å². The Labute approximate surface area is 41.6 Å². The number of hydrogen-bond donors (Lipinski definition) is 0. The standard InChI is InChI=1S/F3HO2S2/c1-7(2,3)6(4)5/h(H,4,5)/p-1. The summed E-state index contributed by atoms with van der Waals surface area (Å²) in [7, 11) is -9.67. The Kier molecular flexibility index (Phi) is 2.09. The van der Waals surface area contributed by atoms with Gasteiger partial charge in [0.15, 0.2) is 0 Å². The lowest BCUT2D eigenvalue weighted by molar-refractivity contribution is 0.538. The minimum absolute atomic E-state index is 3.85. The van der Waals surface area contributed by atoms with E-state index in [-0.39, 0.29) is 0 Å². The van der Waals surface area contributed by atoms with Gasteiger partial charge in [0.05, 0.1) is 10.1 Å². The number of halogens is 3. The predicted octanol–water partition coefficient (Wildman–Crippen LogP) is 1.24. The van der Waals surface area contributed by atoms with Crippen molar-refractivity contribution >= 4 is 20.3 Å². The third-order valence-electron chi connectivity index (χ3n) is 0.154. The molecule has 0 aliphatic heterocycles. The Balaban J connectivity index is 3.79. The summed E-state index contributed by atoms with van der Waals surface area (Å²) < 4.78 is 49.8. The second kappa shape index (κ2) is 2.01. The molecule has 0 saturated heterocycles. The Morgan fingerprint density at radius 1 is 1.43 bits per heavy atom. The van der Waals surface area contributed by atoms with Gasteiger partial charge < -0.3 is 4.55 Å². The molecule has 0 amide bonds. The molecule has 1 atom stereocenters. The first-order chi connectivity index (χ1) is 2.94. The molecule has 7 heteroatoms. The summed E-state index contributed by atoms with van der Waals surface area (Å²) >= 11 is 0. The van der Waals surface area contributed by atoms with Crippen molar-refractivity contribution in [1.29, 1.82) is 0 Å². The maximum absolute atomic E-state index is 10.6. The minimum Gasteiger partial charge on any atom is -0.759 e. The average molecular weight is 153 g/mol. The fourth-order valence-electron chi connectivity index (χ4n) is 0. The normalized spacial score (nSPS) is 18.9. The van der Waals surface area contributed by atoms with Gasteiger partial charge in [-0.2, -0.15) is 0 Å². The molecule has 0 aromatic rings. The van der Waals surface area contributed by atoms with E-state index >= 15 is 0 Å². The van der Waals surface area contributed by atoms with Crippen molar-refractivity contribution in [2.24, 2.45) is 0 Å². The highest BCUT2D eigenvalue weighted by atomic mass is 33.2. The van der Waals surface area contributed by atoms with Crippen LogP contribution in [0.15, 0.2) is 0 Å². The van der Waals surface area contributed by atoms with Crippen LogP contribution >= 0.6 is 10.2 Å². The lowest BCUT2D eigenvalue weighted by atomic mass is 15.9. The van der Waals surface area contributed by atoms with Gasteiger partial charge in [-0.05, 0) is 0 Å². The third-order valence-corrected chi connectivity index (χ3v) is 1.39. The maximum atomic E-state index is 10.6. The number of hydrogen-bond acceptors (Lipinski definition) is 2. The Morgan fingerprint density at radius 2 is 1.57 bits per heavy atom. The minimum atomic E-state index is -5.82. The molecule has 0 radical (unpaired) electrons. The SMILES string of the molecule is O=S([O-])S(F)(F)F. The summed E-state index contributed by atoms with van der Waals surface area (Å²) in [6, 6.07) is 0. The van der Waals surface area contributed by atoms with Crippen molar-refractivity contribution in [1.82, 2.24) is 0 Å². The van der Waals surface area contributed by atoms with Crippen molar-refractivity contribution < 1.29 is 20.4 Å².